The third kappa shape index (κ3) is 4.44. The van der Waals surface area contributed by atoms with Crippen LogP contribution in [0.25, 0.3) is 0 Å². The predicted octanol–water partition coefficient (Wildman–Crippen LogP) is 0.451. The molecule has 146 valence electrons. The molecule has 2 N–H and O–H groups in total. The molecular formula is C14H16N4O6S3. The Morgan fingerprint density at radius 1 is 1.30 bits per heavy atom. The molecule has 3 heterocycles. The minimum atomic E-state index is -4.14. The van der Waals surface area contributed by atoms with Gasteiger partial charge in [-0.2, -0.15) is 0 Å². The number of nitrogens with one attached hydrogen (secondary N) is 2. The van der Waals surface area contributed by atoms with E-state index in [1.54, 1.807) is 5.38 Å². The second kappa shape index (κ2) is 8.31. The van der Waals surface area contributed by atoms with Crippen LogP contribution < -0.4 is 15.2 Å². The molecule has 0 saturated carbocycles. The number of methoxy groups -OCH3 is 1. The van der Waals surface area contributed by atoms with Crippen molar-refractivity contribution in [2.75, 3.05) is 38.3 Å². The number of sulfonamides is 1. The van der Waals surface area contributed by atoms with Gasteiger partial charge < -0.3 is 14.4 Å². The van der Waals surface area contributed by atoms with E-state index in [4.69, 9.17) is 4.74 Å². The van der Waals surface area contributed by atoms with Crippen LogP contribution in [0.3, 0.4) is 0 Å². The standard InChI is InChI=1S/C14H16N4O6S3/c1-23-13(20)11-10(2-7-25-11)27(21,22)17-16-12(19)9-8-26-14(15-9)18-3-5-24-6-4-18/h2,7-8,17H,3-6H2,1H3,(H,16,19). The molecule has 2 aromatic heterocycles. The summed E-state index contributed by atoms with van der Waals surface area (Å²) < 4.78 is 34.5. The number of hydrogen-bond donors (Lipinski definition) is 2. The number of thiophene rings is 1. The van der Waals surface area contributed by atoms with Crippen molar-refractivity contribution in [3.8, 4) is 0 Å². The van der Waals surface area contributed by atoms with Gasteiger partial charge in [0.05, 0.1) is 20.3 Å². The van der Waals surface area contributed by atoms with Crippen molar-refractivity contribution in [3.05, 3.63) is 27.4 Å². The van der Waals surface area contributed by atoms with E-state index in [1.165, 1.54) is 22.8 Å². The summed E-state index contributed by atoms with van der Waals surface area (Å²) >= 11 is 2.21. The van der Waals surface area contributed by atoms with Crippen LogP contribution in [-0.2, 0) is 19.5 Å². The maximum absolute atomic E-state index is 12.4. The van der Waals surface area contributed by atoms with Crippen molar-refractivity contribution >= 4 is 49.7 Å². The average molecular weight is 433 g/mol. The van der Waals surface area contributed by atoms with E-state index in [9.17, 15) is 18.0 Å². The number of nitrogens with zero attached hydrogens (tertiary/aromatic N) is 2. The fourth-order valence-corrected chi connectivity index (χ4v) is 5.29. The van der Waals surface area contributed by atoms with E-state index in [-0.39, 0.29) is 15.5 Å². The molecule has 0 unspecified atom stereocenters. The van der Waals surface area contributed by atoms with E-state index in [1.807, 2.05) is 9.73 Å². The first kappa shape index (κ1) is 19.7. The van der Waals surface area contributed by atoms with Crippen LogP contribution in [0, 0.1) is 0 Å². The molecule has 1 amide bonds. The Morgan fingerprint density at radius 3 is 2.74 bits per heavy atom. The molecule has 0 atom stereocenters. The van der Waals surface area contributed by atoms with Gasteiger partial charge >= 0.3 is 5.97 Å². The second-order valence-corrected chi connectivity index (χ2v) is 8.68. The van der Waals surface area contributed by atoms with Crippen molar-refractivity contribution in [2.24, 2.45) is 0 Å². The number of hydrogen-bond acceptors (Lipinski definition) is 10. The lowest BCUT2D eigenvalue weighted by Crippen LogP contribution is -2.42. The number of morpholine rings is 1. The fourth-order valence-electron chi connectivity index (χ4n) is 2.25. The van der Waals surface area contributed by atoms with E-state index < -0.39 is 21.9 Å². The van der Waals surface area contributed by atoms with E-state index in [2.05, 4.69) is 15.1 Å². The van der Waals surface area contributed by atoms with Crippen LogP contribution in [0.4, 0.5) is 5.13 Å². The largest absolute Gasteiger partial charge is 0.465 e. The molecule has 0 spiro atoms. The summed E-state index contributed by atoms with van der Waals surface area (Å²) in [5.41, 5.74) is 2.19. The molecular weight excluding hydrogens is 416 g/mol. The van der Waals surface area contributed by atoms with Crippen molar-refractivity contribution in [2.45, 2.75) is 4.90 Å². The minimum absolute atomic E-state index is 0.0810. The Kier molecular flexibility index (Phi) is 6.06. The number of amides is 1. The highest BCUT2D eigenvalue weighted by Gasteiger charge is 2.26. The van der Waals surface area contributed by atoms with Gasteiger partial charge in [0, 0.05) is 18.5 Å². The highest BCUT2D eigenvalue weighted by molar-refractivity contribution is 7.89. The smallest absolute Gasteiger partial charge is 0.349 e. The van der Waals surface area contributed by atoms with Crippen molar-refractivity contribution < 1.29 is 27.5 Å². The number of hydrazine groups is 1. The molecule has 2 aromatic rings. The summed E-state index contributed by atoms with van der Waals surface area (Å²) in [6, 6.07) is 1.25. The number of carbonyl (C=O) groups excluding carboxylic acids is 2. The third-order valence-electron chi connectivity index (χ3n) is 3.59. The first-order valence-corrected chi connectivity index (χ1v) is 10.9. The SMILES string of the molecule is COC(=O)c1sccc1S(=O)(=O)NNC(=O)c1csc(N2CCOCC2)n1. The number of esters is 1. The molecule has 0 bridgehead atoms. The van der Waals surface area contributed by atoms with Gasteiger partial charge in [-0.1, -0.05) is 0 Å². The summed E-state index contributed by atoms with van der Waals surface area (Å²) in [5, 5.41) is 3.65. The Balaban J connectivity index is 1.66. The maximum Gasteiger partial charge on any atom is 0.349 e. The molecule has 27 heavy (non-hydrogen) atoms. The average Bonchev–Trinajstić information content (AvgIpc) is 3.36. The van der Waals surface area contributed by atoms with Crippen molar-refractivity contribution in [1.82, 2.24) is 15.2 Å². The monoisotopic (exact) mass is 432 g/mol. The van der Waals surface area contributed by atoms with Gasteiger partial charge in [-0.3, -0.25) is 10.2 Å². The number of ether oxygens (including phenoxy) is 2. The highest BCUT2D eigenvalue weighted by Crippen LogP contribution is 2.23. The zero-order chi connectivity index (χ0) is 19.4. The Labute approximate surface area is 163 Å². The summed E-state index contributed by atoms with van der Waals surface area (Å²) in [5.74, 6) is -1.48. The molecule has 10 nitrogen and oxygen atoms in total. The van der Waals surface area contributed by atoms with E-state index in [0.717, 1.165) is 18.4 Å². The molecule has 3 rings (SSSR count). The van der Waals surface area contributed by atoms with Crippen LogP contribution in [0.1, 0.15) is 20.2 Å². The summed E-state index contributed by atoms with van der Waals surface area (Å²) in [6.45, 7) is 2.53. The van der Waals surface area contributed by atoms with Crippen LogP contribution in [0.2, 0.25) is 0 Å². The maximum atomic E-state index is 12.4. The Hall–Kier alpha value is -2.06. The van der Waals surface area contributed by atoms with E-state index >= 15 is 0 Å². The Bertz CT molecular complexity index is 932. The highest BCUT2D eigenvalue weighted by atomic mass is 32.2. The molecule has 0 aliphatic carbocycles. The van der Waals surface area contributed by atoms with Crippen LogP contribution >= 0.6 is 22.7 Å². The van der Waals surface area contributed by atoms with Crippen LogP contribution in [0.5, 0.6) is 0 Å². The van der Waals surface area contributed by atoms with Gasteiger partial charge in [0.2, 0.25) is 0 Å². The molecule has 1 aliphatic rings. The summed E-state index contributed by atoms with van der Waals surface area (Å²) in [4.78, 5) is 31.7. The third-order valence-corrected chi connectivity index (χ3v) is 6.81. The molecule has 0 aromatic carbocycles. The zero-order valence-corrected chi connectivity index (χ0v) is 16.6. The lowest BCUT2D eigenvalue weighted by Gasteiger charge is -2.25. The topological polar surface area (TPSA) is 127 Å². The molecule has 0 radical (unpaired) electrons. The first-order valence-electron chi connectivity index (χ1n) is 7.68. The molecule has 1 aliphatic heterocycles. The quantitative estimate of drug-likeness (QED) is 0.498. The number of thiazole rings is 1. The number of aromatic nitrogens is 1. The van der Waals surface area contributed by atoms with Crippen LogP contribution in [0.15, 0.2) is 21.7 Å². The first-order chi connectivity index (χ1) is 12.9. The normalized spacial score (nSPS) is 14.8. The molecule has 1 saturated heterocycles. The van der Waals surface area contributed by atoms with Crippen LogP contribution in [-0.4, -0.2) is 58.7 Å². The van der Waals surface area contributed by atoms with Gasteiger partial charge in [-0.05, 0) is 11.4 Å². The van der Waals surface area contributed by atoms with Gasteiger partial charge in [0.25, 0.3) is 15.9 Å². The van der Waals surface area contributed by atoms with Gasteiger partial charge in [0.15, 0.2) is 5.13 Å². The molecule has 13 heteroatoms. The van der Waals surface area contributed by atoms with Crippen molar-refractivity contribution in [3.63, 3.8) is 0 Å². The zero-order valence-electron chi connectivity index (χ0n) is 14.1. The fraction of sp³-hybridized carbons (Fsp3) is 0.357. The Morgan fingerprint density at radius 2 is 2.04 bits per heavy atom. The second-order valence-electron chi connectivity index (χ2n) is 5.28. The van der Waals surface area contributed by atoms with E-state index in [0.29, 0.717) is 31.4 Å². The van der Waals surface area contributed by atoms with Crippen molar-refractivity contribution in [1.29, 1.82) is 0 Å². The van der Waals surface area contributed by atoms with Gasteiger partial charge in [-0.25, -0.2) is 18.2 Å². The number of rotatable bonds is 6. The summed E-state index contributed by atoms with van der Waals surface area (Å²) in [6.07, 6.45) is 0. The predicted molar refractivity (Wildman–Crippen MR) is 98.6 cm³/mol. The molecule has 1 fully saturated rings. The summed E-state index contributed by atoms with van der Waals surface area (Å²) in [7, 11) is -2.99. The lowest BCUT2D eigenvalue weighted by molar-refractivity contribution is 0.0602. The lowest BCUT2D eigenvalue weighted by atomic mass is 10.4. The number of carbonyl (C=O) groups is 2. The minimum Gasteiger partial charge on any atom is -0.465 e. The van der Waals surface area contributed by atoms with Gasteiger partial charge in [-0.15, -0.1) is 27.5 Å². The number of anilines is 1. The van der Waals surface area contributed by atoms with Gasteiger partial charge in [0.1, 0.15) is 15.5 Å².